The van der Waals surface area contributed by atoms with Gasteiger partial charge in [0, 0.05) is 5.97 Å². The van der Waals surface area contributed by atoms with E-state index in [4.69, 9.17) is 9.90 Å². The Hall–Kier alpha value is -0.570. The van der Waals surface area contributed by atoms with E-state index in [1.807, 2.05) is 4.90 Å². The quantitative estimate of drug-likeness (QED) is 0.709. The van der Waals surface area contributed by atoms with E-state index in [9.17, 15) is 0 Å². The molecule has 0 aromatic heterocycles. The number of carboxylic acid groups (broad SMARTS) is 1. The first-order valence-electron chi connectivity index (χ1n) is 6.60. The summed E-state index contributed by atoms with van der Waals surface area (Å²) in [5.41, 5.74) is 0. The molecule has 1 aliphatic rings. The second kappa shape index (κ2) is 9.64. The van der Waals surface area contributed by atoms with Gasteiger partial charge in [-0.2, -0.15) is 0 Å². The van der Waals surface area contributed by atoms with Gasteiger partial charge in [0.05, 0.1) is 19.1 Å². The molecular formula is C13H27NO2. The van der Waals surface area contributed by atoms with Crippen LogP contribution in [-0.2, 0) is 4.79 Å². The number of likely N-dealkylation sites (tertiary alicyclic amines) is 1. The molecule has 0 radical (unpaired) electrons. The summed E-state index contributed by atoms with van der Waals surface area (Å²) < 4.78 is 0. The van der Waals surface area contributed by atoms with Crippen molar-refractivity contribution in [3.8, 4) is 0 Å². The minimum absolute atomic E-state index is 0.940. The average molecular weight is 229 g/mol. The molecule has 0 saturated carbocycles. The highest BCUT2D eigenvalue weighted by Crippen LogP contribution is 2.02. The van der Waals surface area contributed by atoms with Crippen molar-refractivity contribution in [1.82, 2.24) is 0 Å². The van der Waals surface area contributed by atoms with Crippen molar-refractivity contribution in [2.45, 2.75) is 65.3 Å². The van der Waals surface area contributed by atoms with Crippen molar-refractivity contribution in [3.63, 3.8) is 0 Å². The van der Waals surface area contributed by atoms with Crippen LogP contribution in [0, 0.1) is 0 Å². The number of hydrogen-bond donors (Lipinski definition) is 1. The van der Waals surface area contributed by atoms with Crippen LogP contribution in [0.25, 0.3) is 0 Å². The lowest BCUT2D eigenvalue weighted by Crippen LogP contribution is -3.16. The van der Waals surface area contributed by atoms with E-state index in [2.05, 4.69) is 13.8 Å². The molecule has 16 heavy (non-hydrogen) atoms. The van der Waals surface area contributed by atoms with Crippen LogP contribution >= 0.6 is 0 Å². The van der Waals surface area contributed by atoms with Gasteiger partial charge in [-0.1, -0.05) is 13.3 Å². The number of piperidine rings is 1. The van der Waals surface area contributed by atoms with E-state index in [-0.39, 0.29) is 0 Å². The van der Waals surface area contributed by atoms with Gasteiger partial charge in [0.1, 0.15) is 0 Å². The number of quaternary nitrogens is 1. The molecule has 1 rings (SSSR count). The van der Waals surface area contributed by atoms with Gasteiger partial charge in [-0.25, -0.2) is 0 Å². The van der Waals surface area contributed by atoms with Crippen molar-refractivity contribution in [1.29, 1.82) is 0 Å². The van der Waals surface area contributed by atoms with Crippen LogP contribution < -0.4 is 10.0 Å². The summed E-state index contributed by atoms with van der Waals surface area (Å²) in [6, 6.07) is 0.940. The van der Waals surface area contributed by atoms with E-state index in [0.29, 0.717) is 0 Å². The summed E-state index contributed by atoms with van der Waals surface area (Å²) in [6.07, 6.45) is 8.62. The van der Waals surface area contributed by atoms with Crippen LogP contribution in [0.5, 0.6) is 0 Å². The SMILES string of the molecule is CC(=O)[O-].CCCCC[NH+]1CCCCC1C. The van der Waals surface area contributed by atoms with Gasteiger partial charge >= 0.3 is 0 Å². The molecule has 0 bridgehead atoms. The van der Waals surface area contributed by atoms with Gasteiger partial charge in [-0.05, 0) is 46.0 Å². The standard InChI is InChI=1S/C11H23N.C2H4O2/c1-3-4-6-9-12-10-7-5-8-11(12)2;1-2(3)4/h11H,3-10H2,1-2H3;1H3,(H,3,4). The lowest BCUT2D eigenvalue weighted by molar-refractivity contribution is -0.928. The molecule has 1 aliphatic heterocycles. The summed E-state index contributed by atoms with van der Waals surface area (Å²) in [5, 5.41) is 8.89. The summed E-state index contributed by atoms with van der Waals surface area (Å²) in [5.74, 6) is -1.08. The zero-order valence-electron chi connectivity index (χ0n) is 11.1. The van der Waals surface area contributed by atoms with Crippen LogP contribution in [0.15, 0.2) is 0 Å². The molecule has 2 atom stereocenters. The Morgan fingerprint density at radius 2 is 2.00 bits per heavy atom. The highest BCUT2D eigenvalue weighted by atomic mass is 16.4. The zero-order chi connectivity index (χ0) is 12.4. The third kappa shape index (κ3) is 8.72. The number of nitrogens with one attached hydrogen (secondary N) is 1. The molecule has 2 unspecified atom stereocenters. The molecule has 0 spiro atoms. The highest BCUT2D eigenvalue weighted by molar-refractivity contribution is 5.60. The summed E-state index contributed by atoms with van der Waals surface area (Å²) in [6.45, 7) is 8.54. The van der Waals surface area contributed by atoms with Crippen molar-refractivity contribution >= 4 is 5.97 Å². The lowest BCUT2D eigenvalue weighted by atomic mass is 10.0. The highest BCUT2D eigenvalue weighted by Gasteiger charge is 2.20. The minimum atomic E-state index is -1.08. The number of carbonyl (C=O) groups excluding carboxylic acids is 1. The largest absolute Gasteiger partial charge is 0.550 e. The topological polar surface area (TPSA) is 44.6 Å². The van der Waals surface area contributed by atoms with Gasteiger partial charge in [0.2, 0.25) is 0 Å². The molecule has 0 aromatic carbocycles. The van der Waals surface area contributed by atoms with Crippen LogP contribution in [0.1, 0.15) is 59.3 Å². The fourth-order valence-corrected chi connectivity index (χ4v) is 2.23. The molecule has 1 saturated heterocycles. The predicted molar refractivity (Wildman–Crippen MR) is 64.2 cm³/mol. The Morgan fingerprint density at radius 3 is 2.50 bits per heavy atom. The lowest BCUT2D eigenvalue weighted by Gasteiger charge is -2.30. The number of unbranched alkanes of at least 4 members (excludes halogenated alkanes) is 2. The van der Waals surface area contributed by atoms with E-state index in [0.717, 1.165) is 13.0 Å². The van der Waals surface area contributed by atoms with Crippen LogP contribution in [0.3, 0.4) is 0 Å². The van der Waals surface area contributed by atoms with E-state index >= 15 is 0 Å². The van der Waals surface area contributed by atoms with Gasteiger partial charge in [-0.15, -0.1) is 0 Å². The monoisotopic (exact) mass is 229 g/mol. The van der Waals surface area contributed by atoms with Crippen molar-refractivity contribution in [2.24, 2.45) is 0 Å². The van der Waals surface area contributed by atoms with E-state index < -0.39 is 5.97 Å². The molecule has 0 aliphatic carbocycles. The fraction of sp³-hybridized carbons (Fsp3) is 0.923. The second-order valence-corrected chi connectivity index (χ2v) is 4.75. The van der Waals surface area contributed by atoms with Crippen LogP contribution in [-0.4, -0.2) is 25.1 Å². The van der Waals surface area contributed by atoms with Gasteiger partial charge in [0.25, 0.3) is 0 Å². The maximum Gasteiger partial charge on any atom is 0.0846 e. The van der Waals surface area contributed by atoms with Crippen LogP contribution in [0.4, 0.5) is 0 Å². The summed E-state index contributed by atoms with van der Waals surface area (Å²) in [4.78, 5) is 10.8. The van der Waals surface area contributed by atoms with Gasteiger partial charge in [0.15, 0.2) is 0 Å². The first kappa shape index (κ1) is 15.4. The van der Waals surface area contributed by atoms with Crippen LogP contribution in [0.2, 0.25) is 0 Å². The first-order valence-corrected chi connectivity index (χ1v) is 6.60. The summed E-state index contributed by atoms with van der Waals surface area (Å²) in [7, 11) is 0. The molecule has 1 fully saturated rings. The Kier molecular flexibility index (Phi) is 9.30. The molecular weight excluding hydrogens is 202 g/mol. The normalized spacial score (nSPS) is 24.4. The van der Waals surface area contributed by atoms with Crippen molar-refractivity contribution in [2.75, 3.05) is 13.1 Å². The number of carboxylic acids is 1. The smallest absolute Gasteiger partial charge is 0.0846 e. The Balaban J connectivity index is 0.000000487. The minimum Gasteiger partial charge on any atom is -0.550 e. The Labute approximate surface area is 99.8 Å². The molecule has 1 N–H and O–H groups in total. The number of carbonyl (C=O) groups is 1. The molecule has 1 heterocycles. The van der Waals surface area contributed by atoms with E-state index in [1.165, 1.54) is 51.6 Å². The van der Waals surface area contributed by atoms with Gasteiger partial charge in [-0.3, -0.25) is 0 Å². The molecule has 3 nitrogen and oxygen atoms in total. The predicted octanol–water partition coefficient (Wildman–Crippen LogP) is 0.390. The average Bonchev–Trinajstić information content (AvgIpc) is 2.20. The molecule has 3 heteroatoms. The third-order valence-corrected chi connectivity index (χ3v) is 3.18. The molecule has 0 amide bonds. The molecule has 0 aromatic rings. The number of aliphatic carboxylic acids is 1. The fourth-order valence-electron chi connectivity index (χ4n) is 2.23. The maximum absolute atomic E-state index is 8.89. The zero-order valence-corrected chi connectivity index (χ0v) is 11.1. The van der Waals surface area contributed by atoms with E-state index in [1.54, 1.807) is 0 Å². The Morgan fingerprint density at radius 1 is 1.38 bits per heavy atom. The Bertz CT molecular complexity index is 179. The number of rotatable bonds is 4. The summed E-state index contributed by atoms with van der Waals surface area (Å²) >= 11 is 0. The number of hydrogen-bond acceptors (Lipinski definition) is 2. The maximum atomic E-state index is 8.89. The second-order valence-electron chi connectivity index (χ2n) is 4.75. The molecule has 96 valence electrons. The first-order chi connectivity index (χ1) is 7.57. The van der Waals surface area contributed by atoms with Gasteiger partial charge < -0.3 is 14.8 Å². The third-order valence-electron chi connectivity index (χ3n) is 3.18. The van der Waals surface area contributed by atoms with Crippen molar-refractivity contribution < 1.29 is 14.8 Å². The van der Waals surface area contributed by atoms with Crippen molar-refractivity contribution in [3.05, 3.63) is 0 Å².